The van der Waals surface area contributed by atoms with E-state index in [9.17, 15) is 18.1 Å². The zero-order valence-electron chi connectivity index (χ0n) is 14.6. The second kappa shape index (κ2) is 10.7. The van der Waals surface area contributed by atoms with Gasteiger partial charge in [-0.05, 0) is 30.5 Å². The van der Waals surface area contributed by atoms with Crippen LogP contribution in [0.4, 0.5) is 0 Å². The smallest absolute Gasteiger partial charge is 0.870 e. The van der Waals surface area contributed by atoms with Gasteiger partial charge in [0.2, 0.25) is 0 Å². The van der Waals surface area contributed by atoms with Crippen molar-refractivity contribution in [2.75, 3.05) is 0 Å². The summed E-state index contributed by atoms with van der Waals surface area (Å²) in [6.45, 7) is 2.13. The van der Waals surface area contributed by atoms with E-state index < -0.39 is 10.1 Å². The normalized spacial score (nSPS) is 11.0. The van der Waals surface area contributed by atoms with Crippen molar-refractivity contribution in [1.82, 2.24) is 0 Å². The number of hydrogen-bond acceptors (Lipinski definition) is 4. The molecular formula is C18H21KO5S. The summed E-state index contributed by atoms with van der Waals surface area (Å²) in [6, 6.07) is 10.4. The van der Waals surface area contributed by atoms with E-state index in [0.29, 0.717) is 6.42 Å². The SMILES string of the molecule is CCCCCCc1ccc(S(=O)(=O)O)cc1Oc1ccccc1[O-].[K+]. The van der Waals surface area contributed by atoms with Crippen molar-refractivity contribution in [3.8, 4) is 17.2 Å². The Bertz CT molecular complexity index is 790. The third kappa shape index (κ3) is 7.01. The van der Waals surface area contributed by atoms with Crippen LogP contribution in [0.25, 0.3) is 0 Å². The fourth-order valence-corrected chi connectivity index (χ4v) is 2.89. The van der Waals surface area contributed by atoms with Crippen molar-refractivity contribution in [3.63, 3.8) is 0 Å². The van der Waals surface area contributed by atoms with Crippen LogP contribution in [0.5, 0.6) is 17.2 Å². The molecule has 0 spiro atoms. The van der Waals surface area contributed by atoms with E-state index >= 15 is 0 Å². The Labute approximate surface area is 191 Å². The van der Waals surface area contributed by atoms with Gasteiger partial charge in [-0.2, -0.15) is 8.42 Å². The van der Waals surface area contributed by atoms with E-state index in [0.717, 1.165) is 31.2 Å². The molecule has 1 N–H and O–H groups in total. The largest absolute Gasteiger partial charge is 1.00 e. The molecule has 0 heterocycles. The first-order valence-electron chi connectivity index (χ1n) is 7.96. The molecule has 0 saturated heterocycles. The molecule has 0 unspecified atom stereocenters. The summed E-state index contributed by atoms with van der Waals surface area (Å²) < 4.78 is 37.6. The quantitative estimate of drug-likeness (QED) is 0.413. The molecule has 0 aliphatic carbocycles. The van der Waals surface area contributed by atoms with Crippen LogP contribution in [0.2, 0.25) is 0 Å². The number of benzene rings is 2. The van der Waals surface area contributed by atoms with Crippen LogP contribution in [0.15, 0.2) is 47.4 Å². The van der Waals surface area contributed by atoms with Crippen LogP contribution < -0.4 is 61.2 Å². The summed E-state index contributed by atoms with van der Waals surface area (Å²) in [5.74, 6) is 0.122. The minimum absolute atomic E-state index is 0. The molecule has 2 aromatic rings. The Kier molecular flexibility index (Phi) is 9.65. The Morgan fingerprint density at radius 1 is 1.04 bits per heavy atom. The molecular weight excluding hydrogens is 367 g/mol. The molecule has 130 valence electrons. The van der Waals surface area contributed by atoms with Gasteiger partial charge >= 0.3 is 51.4 Å². The number of hydrogen-bond donors (Lipinski definition) is 1. The maximum Gasteiger partial charge on any atom is 1.00 e. The molecule has 0 radical (unpaired) electrons. The van der Waals surface area contributed by atoms with Crippen LogP contribution in [-0.2, 0) is 16.5 Å². The van der Waals surface area contributed by atoms with Gasteiger partial charge in [0.1, 0.15) is 11.5 Å². The minimum Gasteiger partial charge on any atom is -0.870 e. The average Bonchev–Trinajstić information content (AvgIpc) is 2.54. The van der Waals surface area contributed by atoms with Gasteiger partial charge in [-0.25, -0.2) is 0 Å². The van der Waals surface area contributed by atoms with Gasteiger partial charge in [0.15, 0.2) is 0 Å². The van der Waals surface area contributed by atoms with Crippen molar-refractivity contribution in [2.24, 2.45) is 0 Å². The van der Waals surface area contributed by atoms with Crippen LogP contribution >= 0.6 is 0 Å². The topological polar surface area (TPSA) is 86.7 Å². The molecule has 0 atom stereocenters. The molecule has 2 aromatic carbocycles. The fourth-order valence-electron chi connectivity index (χ4n) is 2.39. The summed E-state index contributed by atoms with van der Waals surface area (Å²) in [5.41, 5.74) is 0.807. The van der Waals surface area contributed by atoms with Gasteiger partial charge < -0.3 is 9.84 Å². The molecule has 0 amide bonds. The molecule has 0 aromatic heterocycles. The number of ether oxygens (including phenoxy) is 1. The zero-order valence-corrected chi connectivity index (χ0v) is 18.5. The van der Waals surface area contributed by atoms with Crippen molar-refractivity contribution in [1.29, 1.82) is 0 Å². The summed E-state index contributed by atoms with van der Waals surface area (Å²) in [5, 5.41) is 11.8. The van der Waals surface area contributed by atoms with Crippen molar-refractivity contribution in [2.45, 2.75) is 43.9 Å². The molecule has 7 heteroatoms. The van der Waals surface area contributed by atoms with Gasteiger partial charge in [-0.1, -0.05) is 56.2 Å². The molecule has 0 saturated carbocycles. The summed E-state index contributed by atoms with van der Waals surface area (Å²) in [6.07, 6.45) is 4.96. The summed E-state index contributed by atoms with van der Waals surface area (Å²) in [7, 11) is -4.33. The third-order valence-corrected chi connectivity index (χ3v) is 4.55. The third-order valence-electron chi connectivity index (χ3n) is 3.71. The Balaban J connectivity index is 0.00000312. The van der Waals surface area contributed by atoms with Crippen LogP contribution in [0.3, 0.4) is 0 Å². The van der Waals surface area contributed by atoms with E-state index in [1.165, 1.54) is 24.3 Å². The molecule has 25 heavy (non-hydrogen) atoms. The van der Waals surface area contributed by atoms with E-state index in [1.807, 2.05) is 0 Å². The first-order valence-corrected chi connectivity index (χ1v) is 9.40. The van der Waals surface area contributed by atoms with E-state index in [1.54, 1.807) is 18.2 Å². The van der Waals surface area contributed by atoms with Crippen molar-refractivity contribution in [3.05, 3.63) is 48.0 Å². The first kappa shape index (κ1) is 22.6. The average molecular weight is 389 g/mol. The molecule has 2 rings (SSSR count). The molecule has 0 aliphatic heterocycles. The van der Waals surface area contributed by atoms with E-state index in [4.69, 9.17) is 4.74 Å². The van der Waals surface area contributed by atoms with E-state index in [2.05, 4.69) is 6.92 Å². The standard InChI is InChI=1S/C18H22O5S.K/c1-2-3-4-5-8-14-11-12-15(24(20,21)22)13-18(14)23-17-10-7-6-9-16(17)19;/h6-7,9-13,19H,2-5,8H2,1H3,(H,20,21,22);/q;+1/p-1. The van der Waals surface area contributed by atoms with E-state index in [-0.39, 0.29) is 73.5 Å². The molecule has 0 bridgehead atoms. The van der Waals surface area contributed by atoms with Crippen molar-refractivity contribution >= 4 is 10.1 Å². The Morgan fingerprint density at radius 3 is 2.40 bits per heavy atom. The maximum absolute atomic E-state index is 11.8. The molecule has 0 aliphatic rings. The predicted molar refractivity (Wildman–Crippen MR) is 90.1 cm³/mol. The van der Waals surface area contributed by atoms with Gasteiger partial charge in [0.05, 0.1) is 4.90 Å². The Hall–Kier alpha value is -0.414. The number of rotatable bonds is 8. The van der Waals surface area contributed by atoms with Crippen LogP contribution in [0.1, 0.15) is 38.2 Å². The van der Waals surface area contributed by atoms with Gasteiger partial charge in [0.25, 0.3) is 10.1 Å². The number of aryl methyl sites for hydroxylation is 1. The van der Waals surface area contributed by atoms with Gasteiger partial charge in [-0.3, -0.25) is 4.55 Å². The fraction of sp³-hybridized carbons (Fsp3) is 0.333. The maximum atomic E-state index is 11.8. The predicted octanol–water partition coefficient (Wildman–Crippen LogP) is 0.926. The first-order chi connectivity index (χ1) is 11.4. The molecule has 5 nitrogen and oxygen atoms in total. The summed E-state index contributed by atoms with van der Waals surface area (Å²) in [4.78, 5) is -0.252. The number of para-hydroxylation sites is 2. The minimum atomic E-state index is -4.33. The van der Waals surface area contributed by atoms with Crippen molar-refractivity contribution < 1.29 is 74.2 Å². The Morgan fingerprint density at radius 2 is 1.76 bits per heavy atom. The zero-order chi connectivity index (χ0) is 17.6. The van der Waals surface area contributed by atoms with Gasteiger partial charge in [-0.15, -0.1) is 0 Å². The van der Waals surface area contributed by atoms with Gasteiger partial charge in [0, 0.05) is 6.07 Å². The number of unbranched alkanes of at least 4 members (excludes halogenated alkanes) is 3. The monoisotopic (exact) mass is 388 g/mol. The van der Waals surface area contributed by atoms with Crippen LogP contribution in [-0.4, -0.2) is 13.0 Å². The molecule has 0 fully saturated rings. The van der Waals surface area contributed by atoms with Crippen LogP contribution in [0, 0.1) is 0 Å². The second-order valence-electron chi connectivity index (χ2n) is 5.60. The summed E-state index contributed by atoms with van der Waals surface area (Å²) >= 11 is 0. The second-order valence-corrected chi connectivity index (χ2v) is 7.03.